The highest BCUT2D eigenvalue weighted by Gasteiger charge is 2.20. The molecule has 1 rings (SSSR count). The molecule has 0 radical (unpaired) electrons. The van der Waals surface area contributed by atoms with Crippen LogP contribution in [0, 0.1) is 0 Å². The highest BCUT2D eigenvalue weighted by molar-refractivity contribution is 6.31. The summed E-state index contributed by atoms with van der Waals surface area (Å²) in [6.07, 6.45) is 0.126. The molecular formula is C12H15ClFNO2. The van der Waals surface area contributed by atoms with Crippen molar-refractivity contribution in [3.63, 3.8) is 0 Å². The van der Waals surface area contributed by atoms with Gasteiger partial charge >= 0.3 is 5.97 Å². The summed E-state index contributed by atoms with van der Waals surface area (Å²) in [5.74, 6) is -1.09. The van der Waals surface area contributed by atoms with E-state index in [2.05, 4.69) is 0 Å². The molecule has 0 aliphatic heterocycles. The third-order valence-electron chi connectivity index (χ3n) is 2.50. The minimum absolute atomic E-state index is 0.126. The number of alkyl halides is 1. The Kier molecular flexibility index (Phi) is 4.11. The van der Waals surface area contributed by atoms with Crippen LogP contribution in [0.4, 0.5) is 4.39 Å². The molecule has 3 nitrogen and oxygen atoms in total. The molecule has 0 bridgehead atoms. The second-order valence-electron chi connectivity index (χ2n) is 4.43. The van der Waals surface area contributed by atoms with Gasteiger partial charge in [-0.05, 0) is 37.5 Å². The molecule has 1 aromatic carbocycles. The summed E-state index contributed by atoms with van der Waals surface area (Å²) in [6.45, 7) is 2.86. The largest absolute Gasteiger partial charge is 0.480 e. The molecule has 1 atom stereocenters. The van der Waals surface area contributed by atoms with E-state index in [4.69, 9.17) is 22.4 Å². The Hall–Kier alpha value is -1.13. The quantitative estimate of drug-likeness (QED) is 0.873. The average Bonchev–Trinajstić information content (AvgIpc) is 2.19. The first-order valence-electron chi connectivity index (χ1n) is 5.18. The van der Waals surface area contributed by atoms with Crippen molar-refractivity contribution in [2.45, 2.75) is 32.0 Å². The van der Waals surface area contributed by atoms with Crippen LogP contribution in [0.3, 0.4) is 0 Å². The predicted octanol–water partition coefficient (Wildman–Crippen LogP) is 2.50. The van der Waals surface area contributed by atoms with Crippen LogP contribution in [0.15, 0.2) is 18.2 Å². The van der Waals surface area contributed by atoms with E-state index in [1.54, 1.807) is 12.1 Å². The smallest absolute Gasteiger partial charge is 0.320 e. The maximum Gasteiger partial charge on any atom is 0.320 e. The molecule has 0 aliphatic rings. The van der Waals surface area contributed by atoms with Gasteiger partial charge in [0.1, 0.15) is 11.7 Å². The number of halogens is 2. The lowest BCUT2D eigenvalue weighted by Gasteiger charge is -2.16. The zero-order valence-corrected chi connectivity index (χ0v) is 10.5. The fourth-order valence-electron chi connectivity index (χ4n) is 1.41. The molecular weight excluding hydrogens is 245 g/mol. The summed E-state index contributed by atoms with van der Waals surface area (Å²) in [6, 6.07) is 3.71. The lowest BCUT2D eigenvalue weighted by Crippen LogP contribution is -2.32. The minimum Gasteiger partial charge on any atom is -0.480 e. The van der Waals surface area contributed by atoms with E-state index < -0.39 is 17.7 Å². The summed E-state index contributed by atoms with van der Waals surface area (Å²) >= 11 is 5.97. The number of aliphatic carboxylic acids is 1. The second kappa shape index (κ2) is 5.02. The number of nitrogens with two attached hydrogens (primary N) is 1. The average molecular weight is 260 g/mol. The predicted molar refractivity (Wildman–Crippen MR) is 64.9 cm³/mol. The van der Waals surface area contributed by atoms with Crippen molar-refractivity contribution in [1.82, 2.24) is 0 Å². The second-order valence-corrected chi connectivity index (χ2v) is 4.83. The van der Waals surface area contributed by atoms with Gasteiger partial charge in [-0.1, -0.05) is 23.7 Å². The van der Waals surface area contributed by atoms with Crippen molar-refractivity contribution in [1.29, 1.82) is 0 Å². The molecule has 0 aromatic heterocycles. The third kappa shape index (κ3) is 3.68. The Morgan fingerprint density at radius 1 is 1.59 bits per heavy atom. The molecule has 5 heteroatoms. The number of carboxylic acids is 1. The lowest BCUT2D eigenvalue weighted by molar-refractivity contribution is -0.138. The normalized spacial score (nSPS) is 13.5. The van der Waals surface area contributed by atoms with Gasteiger partial charge in [0.15, 0.2) is 0 Å². The molecule has 1 aromatic rings. The van der Waals surface area contributed by atoms with Crippen LogP contribution in [0.2, 0.25) is 5.02 Å². The zero-order chi connectivity index (χ0) is 13.2. The van der Waals surface area contributed by atoms with Gasteiger partial charge < -0.3 is 10.8 Å². The Morgan fingerprint density at radius 3 is 2.59 bits per heavy atom. The van der Waals surface area contributed by atoms with Crippen LogP contribution >= 0.6 is 11.6 Å². The van der Waals surface area contributed by atoms with E-state index in [-0.39, 0.29) is 6.42 Å². The van der Waals surface area contributed by atoms with Crippen LogP contribution in [0.1, 0.15) is 25.0 Å². The maximum absolute atomic E-state index is 13.6. The van der Waals surface area contributed by atoms with E-state index in [0.717, 1.165) is 0 Å². The number of hydrogen-bond acceptors (Lipinski definition) is 2. The van der Waals surface area contributed by atoms with Gasteiger partial charge in [0.25, 0.3) is 0 Å². The molecule has 0 heterocycles. The van der Waals surface area contributed by atoms with Gasteiger partial charge in [0.05, 0.1) is 0 Å². The maximum atomic E-state index is 13.6. The van der Waals surface area contributed by atoms with Gasteiger partial charge in [-0.15, -0.1) is 0 Å². The van der Waals surface area contributed by atoms with Crippen molar-refractivity contribution in [3.8, 4) is 0 Å². The van der Waals surface area contributed by atoms with E-state index in [0.29, 0.717) is 16.1 Å². The van der Waals surface area contributed by atoms with Gasteiger partial charge in [0.2, 0.25) is 0 Å². The van der Waals surface area contributed by atoms with Crippen LogP contribution in [0.25, 0.3) is 0 Å². The highest BCUT2D eigenvalue weighted by Crippen LogP contribution is 2.29. The summed E-state index contributed by atoms with van der Waals surface area (Å²) in [5.41, 5.74) is 4.99. The third-order valence-corrected chi connectivity index (χ3v) is 2.85. The van der Waals surface area contributed by atoms with Crippen molar-refractivity contribution >= 4 is 17.6 Å². The molecule has 3 N–H and O–H groups in total. The van der Waals surface area contributed by atoms with Crippen LogP contribution in [-0.4, -0.2) is 17.1 Å². The molecule has 0 amide bonds. The Labute approximate surface area is 104 Å². The molecule has 0 saturated heterocycles. The van der Waals surface area contributed by atoms with E-state index in [1.165, 1.54) is 19.9 Å². The Morgan fingerprint density at radius 2 is 2.18 bits per heavy atom. The zero-order valence-electron chi connectivity index (χ0n) is 9.71. The number of hydrogen-bond donors (Lipinski definition) is 2. The first-order chi connectivity index (χ1) is 7.71. The topological polar surface area (TPSA) is 63.3 Å². The van der Waals surface area contributed by atoms with Gasteiger partial charge in [-0.2, -0.15) is 0 Å². The monoisotopic (exact) mass is 259 g/mol. The van der Waals surface area contributed by atoms with Gasteiger partial charge in [0, 0.05) is 5.02 Å². The number of carbonyl (C=O) groups is 1. The molecule has 17 heavy (non-hydrogen) atoms. The molecule has 0 spiro atoms. The summed E-state index contributed by atoms with van der Waals surface area (Å²) in [7, 11) is 0. The van der Waals surface area contributed by atoms with Crippen molar-refractivity contribution in [3.05, 3.63) is 34.3 Å². The standard InChI is InChI=1S/C12H15ClFNO2/c1-12(2,14)8-4-3-7(9(13)6-8)5-10(15)11(16)17/h3-4,6,10H,5,15H2,1-2H3,(H,16,17). The summed E-state index contributed by atoms with van der Waals surface area (Å²) < 4.78 is 13.6. The number of rotatable bonds is 4. The molecule has 0 aliphatic carbocycles. The fourth-order valence-corrected chi connectivity index (χ4v) is 1.66. The molecule has 0 fully saturated rings. The van der Waals surface area contributed by atoms with Crippen LogP contribution in [0.5, 0.6) is 0 Å². The van der Waals surface area contributed by atoms with Crippen molar-refractivity contribution < 1.29 is 14.3 Å². The Balaban J connectivity index is 2.95. The SMILES string of the molecule is CC(C)(F)c1ccc(CC(N)C(=O)O)c(Cl)c1. The Bertz CT molecular complexity index is 429. The van der Waals surface area contributed by atoms with Gasteiger partial charge in [-0.25, -0.2) is 4.39 Å². The highest BCUT2D eigenvalue weighted by atomic mass is 35.5. The van der Waals surface area contributed by atoms with Crippen LogP contribution in [-0.2, 0) is 16.9 Å². The van der Waals surface area contributed by atoms with Crippen LogP contribution < -0.4 is 5.73 Å². The fraction of sp³-hybridized carbons (Fsp3) is 0.417. The van der Waals surface area contributed by atoms with Crippen molar-refractivity contribution in [2.75, 3.05) is 0 Å². The summed E-state index contributed by atoms with van der Waals surface area (Å²) in [4.78, 5) is 10.6. The number of carboxylic acid groups (broad SMARTS) is 1. The van der Waals surface area contributed by atoms with E-state index >= 15 is 0 Å². The van der Waals surface area contributed by atoms with Gasteiger partial charge in [-0.3, -0.25) is 4.79 Å². The lowest BCUT2D eigenvalue weighted by atomic mass is 9.97. The first kappa shape index (κ1) is 13.9. The minimum atomic E-state index is -1.48. The summed E-state index contributed by atoms with van der Waals surface area (Å²) in [5, 5.41) is 9.03. The first-order valence-corrected chi connectivity index (χ1v) is 5.56. The van der Waals surface area contributed by atoms with E-state index in [9.17, 15) is 9.18 Å². The molecule has 1 unspecified atom stereocenters. The molecule has 94 valence electrons. The van der Waals surface area contributed by atoms with Crippen molar-refractivity contribution in [2.24, 2.45) is 5.73 Å². The number of benzene rings is 1. The molecule has 0 saturated carbocycles. The van der Waals surface area contributed by atoms with E-state index in [1.807, 2.05) is 0 Å².